The smallest absolute Gasteiger partial charge is 0.490 e. The third kappa shape index (κ3) is 14.7. The predicted octanol–water partition coefficient (Wildman–Crippen LogP) is 7.48. The largest absolute Gasteiger partial charge is 0.497 e. The van der Waals surface area contributed by atoms with Crippen LogP contribution in [0, 0.1) is 11.8 Å². The van der Waals surface area contributed by atoms with E-state index in [9.17, 15) is 31.2 Å². The Labute approximate surface area is 356 Å². The molecular formula is C46H55F3N4O7S. The van der Waals surface area contributed by atoms with Gasteiger partial charge in [-0.05, 0) is 127 Å². The molecule has 2 aliphatic rings. The van der Waals surface area contributed by atoms with Gasteiger partial charge in [0.2, 0.25) is 15.9 Å². The lowest BCUT2D eigenvalue weighted by Gasteiger charge is -2.32. The first-order chi connectivity index (χ1) is 29.1. The minimum absolute atomic E-state index is 0.0343. The Morgan fingerprint density at radius 1 is 0.820 bits per heavy atom. The van der Waals surface area contributed by atoms with Crippen molar-refractivity contribution in [1.82, 2.24) is 15.1 Å². The number of benzene rings is 4. The van der Waals surface area contributed by atoms with Crippen molar-refractivity contribution in [3.05, 3.63) is 119 Å². The van der Waals surface area contributed by atoms with E-state index < -0.39 is 22.2 Å². The molecule has 0 spiro atoms. The number of halogens is 3. The molecule has 0 unspecified atom stereocenters. The molecule has 4 N–H and O–H groups in total. The van der Waals surface area contributed by atoms with Gasteiger partial charge < -0.3 is 25.0 Å². The molecule has 0 aromatic heterocycles. The number of aliphatic carboxylic acids is 1. The number of carbonyl (C=O) groups is 3. The molecule has 11 nitrogen and oxygen atoms in total. The molecular weight excluding hydrogens is 810 g/mol. The zero-order valence-corrected chi connectivity index (χ0v) is 35.2. The van der Waals surface area contributed by atoms with Gasteiger partial charge in [0.25, 0.3) is 5.91 Å². The number of ether oxygens (including phenoxy) is 1. The fraction of sp³-hybridized carbons (Fsp3) is 0.413. The van der Waals surface area contributed by atoms with Crippen molar-refractivity contribution in [3.63, 3.8) is 0 Å². The number of primary sulfonamides is 1. The van der Waals surface area contributed by atoms with Crippen LogP contribution in [0.25, 0.3) is 11.1 Å². The zero-order chi connectivity index (χ0) is 44.0. The number of rotatable bonds is 15. The van der Waals surface area contributed by atoms with Gasteiger partial charge in [0.15, 0.2) is 0 Å². The van der Waals surface area contributed by atoms with Crippen molar-refractivity contribution in [2.75, 3.05) is 39.8 Å². The first kappa shape index (κ1) is 46.8. The maximum absolute atomic E-state index is 13.8. The van der Waals surface area contributed by atoms with E-state index in [-0.39, 0.29) is 23.1 Å². The predicted molar refractivity (Wildman–Crippen MR) is 227 cm³/mol. The highest BCUT2D eigenvalue weighted by atomic mass is 32.2. The van der Waals surface area contributed by atoms with Gasteiger partial charge in [-0.15, -0.1) is 0 Å². The van der Waals surface area contributed by atoms with E-state index in [1.807, 2.05) is 76.5 Å². The third-order valence-corrected chi connectivity index (χ3v) is 12.3. The number of alkyl halides is 3. The van der Waals surface area contributed by atoms with E-state index in [0.29, 0.717) is 36.7 Å². The fourth-order valence-corrected chi connectivity index (χ4v) is 8.36. The number of nitrogens with one attached hydrogen (secondary N) is 1. The number of nitrogens with two attached hydrogens (primary N) is 1. The summed E-state index contributed by atoms with van der Waals surface area (Å²) in [5.74, 6) is -0.419. The SMILES string of the molecule is COc1cccc(CC(=O)N(CCc2ccc(S(N)(=O)=O)cc2)Cc2cccc(-c3cccc(C(=O)N4CCC(CCCC5CCNCC5)CC4)c3)c2)c1.O=C(O)C(F)(F)F. The summed E-state index contributed by atoms with van der Waals surface area (Å²) in [6.07, 6.45) is 4.35. The number of methoxy groups -OCH3 is 1. The standard InChI is InChI=1S/C44H54N4O5S.C2HF3O2/c1-53-41-13-4-8-36(29-41)30-43(49)48(27-22-35-14-16-42(17-15-35)54(45,51)52)32-37-9-3-10-38(28-37)39-11-5-12-40(31-39)44(50)47-25-20-34(21-26-47)7-2-6-33-18-23-46-24-19-33;3-2(4,5)1(6)7/h3-5,8-17,28-29,31,33-34,46H,2,6-7,18-27,30,32H2,1H3,(H2,45,51,52);(H,6,7). The van der Waals surface area contributed by atoms with Crippen molar-refractivity contribution >= 4 is 27.8 Å². The second-order valence-corrected chi connectivity index (χ2v) is 17.3. The summed E-state index contributed by atoms with van der Waals surface area (Å²) in [7, 11) is -2.19. The molecule has 328 valence electrons. The van der Waals surface area contributed by atoms with E-state index in [1.54, 1.807) is 19.2 Å². The molecule has 4 aromatic carbocycles. The van der Waals surface area contributed by atoms with Crippen LogP contribution in [0.3, 0.4) is 0 Å². The Morgan fingerprint density at radius 2 is 1.41 bits per heavy atom. The quantitative estimate of drug-likeness (QED) is 0.111. The van der Waals surface area contributed by atoms with Crippen LogP contribution < -0.4 is 15.2 Å². The highest BCUT2D eigenvalue weighted by Gasteiger charge is 2.38. The summed E-state index contributed by atoms with van der Waals surface area (Å²) in [6.45, 7) is 4.77. The fourth-order valence-electron chi connectivity index (χ4n) is 7.84. The Bertz CT molecular complexity index is 2190. The monoisotopic (exact) mass is 864 g/mol. The molecule has 2 heterocycles. The lowest BCUT2D eigenvalue weighted by atomic mass is 9.87. The average Bonchev–Trinajstić information content (AvgIpc) is 3.25. The zero-order valence-electron chi connectivity index (χ0n) is 34.4. The molecule has 15 heteroatoms. The summed E-state index contributed by atoms with van der Waals surface area (Å²) in [6, 6.07) is 30.0. The van der Waals surface area contributed by atoms with Crippen molar-refractivity contribution in [2.24, 2.45) is 17.0 Å². The average molecular weight is 865 g/mol. The van der Waals surface area contributed by atoms with Gasteiger partial charge in [-0.1, -0.05) is 73.9 Å². The first-order valence-electron chi connectivity index (χ1n) is 20.6. The van der Waals surface area contributed by atoms with Crippen LogP contribution in [0.4, 0.5) is 13.2 Å². The lowest BCUT2D eigenvalue weighted by molar-refractivity contribution is -0.192. The van der Waals surface area contributed by atoms with E-state index in [4.69, 9.17) is 19.8 Å². The summed E-state index contributed by atoms with van der Waals surface area (Å²) >= 11 is 0. The van der Waals surface area contributed by atoms with Crippen LogP contribution in [0.5, 0.6) is 5.75 Å². The number of sulfonamides is 1. The van der Waals surface area contributed by atoms with Crippen LogP contribution in [0.1, 0.15) is 72.0 Å². The Hall–Kier alpha value is -5.25. The number of nitrogens with zero attached hydrogens (tertiary/aromatic N) is 2. The van der Waals surface area contributed by atoms with Crippen molar-refractivity contribution < 1.29 is 45.8 Å². The number of hydrogen-bond acceptors (Lipinski definition) is 7. The van der Waals surface area contributed by atoms with E-state index in [2.05, 4.69) is 11.4 Å². The van der Waals surface area contributed by atoms with Gasteiger partial charge in [0.05, 0.1) is 18.4 Å². The van der Waals surface area contributed by atoms with Crippen LogP contribution in [0.15, 0.2) is 102 Å². The maximum Gasteiger partial charge on any atom is 0.490 e. The van der Waals surface area contributed by atoms with Gasteiger partial charge >= 0.3 is 12.1 Å². The van der Waals surface area contributed by atoms with Gasteiger partial charge in [-0.3, -0.25) is 9.59 Å². The van der Waals surface area contributed by atoms with Gasteiger partial charge in [-0.2, -0.15) is 13.2 Å². The normalized spacial score (nSPS) is 15.1. The van der Waals surface area contributed by atoms with E-state index >= 15 is 0 Å². The van der Waals surface area contributed by atoms with Crippen LogP contribution in [-0.4, -0.2) is 87.1 Å². The summed E-state index contributed by atoms with van der Waals surface area (Å²) < 4.78 is 60.6. The molecule has 4 aromatic rings. The highest BCUT2D eigenvalue weighted by molar-refractivity contribution is 7.89. The molecule has 0 bridgehead atoms. The molecule has 0 aliphatic carbocycles. The summed E-state index contributed by atoms with van der Waals surface area (Å²) in [5, 5.41) is 15.9. The molecule has 0 radical (unpaired) electrons. The summed E-state index contributed by atoms with van der Waals surface area (Å²) in [5.41, 5.74) is 5.36. The molecule has 61 heavy (non-hydrogen) atoms. The number of carbonyl (C=O) groups excluding carboxylic acids is 2. The van der Waals surface area contributed by atoms with E-state index in [1.165, 1.54) is 44.2 Å². The number of carboxylic acid groups (broad SMARTS) is 1. The van der Waals surface area contributed by atoms with Crippen LogP contribution in [0.2, 0.25) is 0 Å². The maximum atomic E-state index is 13.8. The van der Waals surface area contributed by atoms with Crippen molar-refractivity contribution in [3.8, 4) is 16.9 Å². The molecule has 2 saturated heterocycles. The number of carboxylic acids is 1. The van der Waals surface area contributed by atoms with Gasteiger partial charge in [-0.25, -0.2) is 18.4 Å². The lowest BCUT2D eigenvalue weighted by Crippen LogP contribution is -2.38. The Kier molecular flexibility index (Phi) is 16.9. The highest BCUT2D eigenvalue weighted by Crippen LogP contribution is 2.28. The first-order valence-corrected chi connectivity index (χ1v) is 22.2. The molecule has 0 atom stereocenters. The number of amides is 2. The topological polar surface area (TPSA) is 159 Å². The number of hydrogen-bond donors (Lipinski definition) is 3. The third-order valence-electron chi connectivity index (χ3n) is 11.3. The second kappa shape index (κ2) is 22.0. The van der Waals surface area contributed by atoms with Crippen LogP contribution in [-0.2, 0) is 39.0 Å². The molecule has 2 fully saturated rings. The van der Waals surface area contributed by atoms with Gasteiger partial charge in [0.1, 0.15) is 5.75 Å². The van der Waals surface area contributed by atoms with Crippen LogP contribution >= 0.6 is 0 Å². The minimum atomic E-state index is -5.08. The minimum Gasteiger partial charge on any atom is -0.497 e. The molecule has 0 saturated carbocycles. The molecule has 6 rings (SSSR count). The van der Waals surface area contributed by atoms with Gasteiger partial charge in [0, 0.05) is 31.7 Å². The molecule has 2 aliphatic heterocycles. The number of likely N-dealkylation sites (tertiary alicyclic amines) is 1. The van der Waals surface area contributed by atoms with Crippen molar-refractivity contribution in [1.29, 1.82) is 0 Å². The van der Waals surface area contributed by atoms with E-state index in [0.717, 1.165) is 72.8 Å². The molecule has 2 amide bonds. The Morgan fingerprint density at radius 3 is 2.03 bits per heavy atom. The second-order valence-electron chi connectivity index (χ2n) is 15.7. The van der Waals surface area contributed by atoms with Crippen molar-refractivity contribution in [2.45, 2.75) is 75.4 Å². The number of piperidine rings is 2. The Balaban J connectivity index is 0.000000925. The summed E-state index contributed by atoms with van der Waals surface area (Å²) in [4.78, 5) is 40.3.